The summed E-state index contributed by atoms with van der Waals surface area (Å²) in [5, 5.41) is 6.15. The molecule has 0 aromatic heterocycles. The van der Waals surface area contributed by atoms with Gasteiger partial charge in [0.15, 0.2) is 0 Å². The van der Waals surface area contributed by atoms with E-state index in [1.54, 1.807) is 0 Å². The Morgan fingerprint density at radius 3 is 2.25 bits per heavy atom. The minimum absolute atomic E-state index is 0.0349. The van der Waals surface area contributed by atoms with Crippen molar-refractivity contribution >= 4 is 6.03 Å². The summed E-state index contributed by atoms with van der Waals surface area (Å²) in [5.41, 5.74) is 2.70. The Labute approximate surface area is 169 Å². The van der Waals surface area contributed by atoms with Gasteiger partial charge in [0.1, 0.15) is 0 Å². The Hall–Kier alpha value is -2.33. The first kappa shape index (κ1) is 20.4. The summed E-state index contributed by atoms with van der Waals surface area (Å²) in [5.74, 6) is 0.581. The van der Waals surface area contributed by atoms with Gasteiger partial charge in [-0.3, -0.25) is 4.90 Å². The average Bonchev–Trinajstić information content (AvgIpc) is 2.73. The van der Waals surface area contributed by atoms with E-state index in [0.717, 1.165) is 51.9 Å². The van der Waals surface area contributed by atoms with Crippen LogP contribution in [0.1, 0.15) is 37.3 Å². The van der Waals surface area contributed by atoms with Gasteiger partial charge in [-0.15, -0.1) is 0 Å². The highest BCUT2D eigenvalue weighted by Gasteiger charge is 2.20. The van der Waals surface area contributed by atoms with E-state index in [9.17, 15) is 4.79 Å². The van der Waals surface area contributed by atoms with Crippen molar-refractivity contribution in [2.45, 2.75) is 45.2 Å². The van der Waals surface area contributed by atoms with Crippen LogP contribution in [0.3, 0.4) is 0 Å². The van der Waals surface area contributed by atoms with Crippen LogP contribution in [0.25, 0.3) is 0 Å². The normalized spacial score (nSPS) is 16.5. The molecule has 3 rings (SSSR count). The van der Waals surface area contributed by atoms with E-state index in [4.69, 9.17) is 0 Å². The summed E-state index contributed by atoms with van der Waals surface area (Å²) >= 11 is 0. The number of benzene rings is 2. The minimum atomic E-state index is -0.0349. The molecule has 1 unspecified atom stereocenters. The van der Waals surface area contributed by atoms with Gasteiger partial charge in [0.2, 0.25) is 0 Å². The van der Waals surface area contributed by atoms with Gasteiger partial charge in [0.25, 0.3) is 0 Å². The van der Waals surface area contributed by atoms with Crippen molar-refractivity contribution < 1.29 is 4.79 Å². The monoisotopic (exact) mass is 379 g/mol. The molecule has 4 nitrogen and oxygen atoms in total. The zero-order valence-electron chi connectivity index (χ0n) is 16.9. The van der Waals surface area contributed by atoms with Gasteiger partial charge in [0, 0.05) is 19.1 Å². The molecule has 28 heavy (non-hydrogen) atoms. The topological polar surface area (TPSA) is 44.4 Å². The maximum Gasteiger partial charge on any atom is 0.315 e. The number of nitrogens with one attached hydrogen (secondary N) is 2. The van der Waals surface area contributed by atoms with Gasteiger partial charge in [-0.1, -0.05) is 60.7 Å². The Morgan fingerprint density at radius 1 is 1.00 bits per heavy atom. The molecule has 0 radical (unpaired) electrons. The van der Waals surface area contributed by atoms with E-state index >= 15 is 0 Å². The van der Waals surface area contributed by atoms with Crippen LogP contribution >= 0.6 is 0 Å². The molecule has 0 spiro atoms. The van der Waals surface area contributed by atoms with E-state index in [-0.39, 0.29) is 12.1 Å². The lowest BCUT2D eigenvalue weighted by Gasteiger charge is -2.32. The fourth-order valence-corrected chi connectivity index (χ4v) is 3.80. The van der Waals surface area contributed by atoms with Crippen molar-refractivity contribution in [1.82, 2.24) is 15.5 Å². The van der Waals surface area contributed by atoms with Crippen molar-refractivity contribution in [3.05, 3.63) is 71.8 Å². The summed E-state index contributed by atoms with van der Waals surface area (Å²) < 4.78 is 0. The Bertz CT molecular complexity index is 696. The van der Waals surface area contributed by atoms with Gasteiger partial charge in [-0.2, -0.15) is 0 Å². The molecule has 1 aliphatic rings. The third kappa shape index (κ3) is 7.01. The predicted molar refractivity (Wildman–Crippen MR) is 115 cm³/mol. The number of rotatable bonds is 8. The zero-order valence-corrected chi connectivity index (χ0v) is 16.9. The molecular formula is C24H33N3O. The summed E-state index contributed by atoms with van der Waals surface area (Å²) in [7, 11) is 0. The lowest BCUT2D eigenvalue weighted by atomic mass is 9.96. The number of carbonyl (C=O) groups excluding carboxylic acids is 1. The van der Waals surface area contributed by atoms with E-state index in [2.05, 4.69) is 77.1 Å². The first-order chi connectivity index (χ1) is 13.7. The van der Waals surface area contributed by atoms with Crippen molar-refractivity contribution in [1.29, 1.82) is 0 Å². The fourth-order valence-electron chi connectivity index (χ4n) is 3.80. The number of nitrogens with zero attached hydrogens (tertiary/aromatic N) is 1. The highest BCUT2D eigenvalue weighted by molar-refractivity contribution is 5.74. The van der Waals surface area contributed by atoms with Crippen molar-refractivity contribution in [3.8, 4) is 0 Å². The molecule has 1 atom stereocenters. The largest absolute Gasteiger partial charge is 0.338 e. The first-order valence-electron chi connectivity index (χ1n) is 10.5. The molecule has 1 aliphatic heterocycles. The maximum absolute atomic E-state index is 12.2. The Morgan fingerprint density at radius 2 is 1.61 bits per heavy atom. The van der Waals surface area contributed by atoms with E-state index < -0.39 is 0 Å². The van der Waals surface area contributed by atoms with Crippen LogP contribution in [0.15, 0.2) is 60.7 Å². The molecule has 2 aromatic rings. The second kappa shape index (κ2) is 10.9. The lowest BCUT2D eigenvalue weighted by molar-refractivity contribution is 0.174. The number of urea groups is 1. The molecule has 1 saturated heterocycles. The van der Waals surface area contributed by atoms with Crippen molar-refractivity contribution in [2.24, 2.45) is 5.92 Å². The quantitative estimate of drug-likeness (QED) is 0.721. The first-order valence-corrected chi connectivity index (χ1v) is 10.5. The minimum Gasteiger partial charge on any atom is -0.338 e. The number of piperidine rings is 1. The van der Waals surface area contributed by atoms with E-state index in [1.807, 2.05) is 6.07 Å². The Kier molecular flexibility index (Phi) is 7.92. The molecular weight excluding hydrogens is 346 g/mol. The zero-order chi connectivity index (χ0) is 19.6. The number of hydrogen-bond donors (Lipinski definition) is 2. The molecule has 4 heteroatoms. The smallest absolute Gasteiger partial charge is 0.315 e. The predicted octanol–water partition coefficient (Wildman–Crippen LogP) is 4.22. The number of likely N-dealkylation sites (tertiary alicyclic amines) is 1. The van der Waals surface area contributed by atoms with E-state index in [1.165, 1.54) is 11.1 Å². The number of aryl methyl sites for hydroxylation is 1. The standard InChI is InChI=1S/C24H33N3O/c1-20(12-13-21-8-4-2-5-9-21)26-24(28)25-18-22-14-16-27(17-15-22)19-23-10-6-3-7-11-23/h2-11,20,22H,12-19H2,1H3,(H2,25,26,28). The van der Waals surface area contributed by atoms with Crippen LogP contribution in [-0.4, -0.2) is 36.6 Å². The van der Waals surface area contributed by atoms with Crippen LogP contribution in [0.5, 0.6) is 0 Å². The van der Waals surface area contributed by atoms with Crippen molar-refractivity contribution in [3.63, 3.8) is 0 Å². The third-order valence-electron chi connectivity index (χ3n) is 5.59. The highest BCUT2D eigenvalue weighted by Crippen LogP contribution is 2.18. The molecule has 0 bridgehead atoms. The van der Waals surface area contributed by atoms with Gasteiger partial charge in [0.05, 0.1) is 0 Å². The average molecular weight is 380 g/mol. The molecule has 2 N–H and O–H groups in total. The summed E-state index contributed by atoms with van der Waals surface area (Å²) in [6, 6.07) is 21.2. The maximum atomic E-state index is 12.2. The van der Waals surface area contributed by atoms with Crippen LogP contribution in [0.2, 0.25) is 0 Å². The lowest BCUT2D eigenvalue weighted by Crippen LogP contribution is -2.44. The molecule has 1 heterocycles. The van der Waals surface area contributed by atoms with Gasteiger partial charge in [-0.25, -0.2) is 4.79 Å². The molecule has 1 fully saturated rings. The highest BCUT2D eigenvalue weighted by atomic mass is 16.2. The van der Waals surface area contributed by atoms with Crippen LogP contribution in [0, 0.1) is 5.92 Å². The molecule has 2 aromatic carbocycles. The van der Waals surface area contributed by atoms with Gasteiger partial charge < -0.3 is 10.6 Å². The second-order valence-corrected chi connectivity index (χ2v) is 7.98. The van der Waals surface area contributed by atoms with Crippen LogP contribution < -0.4 is 10.6 Å². The molecule has 2 amide bonds. The second-order valence-electron chi connectivity index (χ2n) is 7.98. The molecule has 0 aliphatic carbocycles. The van der Waals surface area contributed by atoms with Crippen LogP contribution in [-0.2, 0) is 13.0 Å². The number of amides is 2. The van der Waals surface area contributed by atoms with Gasteiger partial charge in [-0.05, 0) is 62.7 Å². The Balaban J connectivity index is 1.28. The number of hydrogen-bond acceptors (Lipinski definition) is 2. The summed E-state index contributed by atoms with van der Waals surface area (Å²) in [6.07, 6.45) is 4.24. The SMILES string of the molecule is CC(CCc1ccccc1)NC(=O)NCC1CCN(Cc2ccccc2)CC1. The fraction of sp³-hybridized carbons (Fsp3) is 0.458. The van der Waals surface area contributed by atoms with Crippen LogP contribution in [0.4, 0.5) is 4.79 Å². The van der Waals surface area contributed by atoms with Crippen molar-refractivity contribution in [2.75, 3.05) is 19.6 Å². The molecule has 150 valence electrons. The summed E-state index contributed by atoms with van der Waals surface area (Å²) in [4.78, 5) is 14.7. The summed E-state index contributed by atoms with van der Waals surface area (Å²) in [6.45, 7) is 6.09. The van der Waals surface area contributed by atoms with E-state index in [0.29, 0.717) is 5.92 Å². The van der Waals surface area contributed by atoms with Gasteiger partial charge >= 0.3 is 6.03 Å². The number of carbonyl (C=O) groups is 1. The third-order valence-corrected chi connectivity index (χ3v) is 5.59. The molecule has 0 saturated carbocycles.